The van der Waals surface area contributed by atoms with E-state index in [2.05, 4.69) is 41.5 Å². The van der Waals surface area contributed by atoms with Gasteiger partial charge in [0.2, 0.25) is 0 Å². The van der Waals surface area contributed by atoms with Gasteiger partial charge in [0, 0.05) is 0 Å². The van der Waals surface area contributed by atoms with E-state index in [1.54, 1.807) is 0 Å². The standard InChI is InChI=1S/C14H14O.C8H18.C4H10/c1-11-3-7-13(8-4-11)15-14-9-5-12(2)6-10-14;1-3-5-7-8-6-4-2;1-3-4-2/h3-10H,1-2H3;3-8H2,1-2H3;3-4H2,1-2H3. The van der Waals surface area contributed by atoms with Gasteiger partial charge in [-0.15, -0.1) is 0 Å². The van der Waals surface area contributed by atoms with Crippen LogP contribution in [0.15, 0.2) is 48.5 Å². The normalized spacial score (nSPS) is 9.56. The van der Waals surface area contributed by atoms with Crippen molar-refractivity contribution in [3.8, 4) is 11.5 Å². The van der Waals surface area contributed by atoms with E-state index in [9.17, 15) is 0 Å². The summed E-state index contributed by atoms with van der Waals surface area (Å²) in [4.78, 5) is 0. The molecule has 0 radical (unpaired) electrons. The summed E-state index contributed by atoms with van der Waals surface area (Å²) in [6, 6.07) is 16.1. The van der Waals surface area contributed by atoms with Crippen molar-refractivity contribution in [2.24, 2.45) is 0 Å². The lowest BCUT2D eigenvalue weighted by atomic mass is 10.1. The van der Waals surface area contributed by atoms with Crippen LogP contribution in [0.3, 0.4) is 0 Å². The molecule has 0 atom stereocenters. The number of hydrogen-bond acceptors (Lipinski definition) is 1. The van der Waals surface area contributed by atoms with Crippen LogP contribution >= 0.6 is 0 Å². The van der Waals surface area contributed by atoms with Crippen LogP contribution in [0.5, 0.6) is 11.5 Å². The van der Waals surface area contributed by atoms with E-state index >= 15 is 0 Å². The molecule has 0 spiro atoms. The van der Waals surface area contributed by atoms with Crippen LogP contribution in [0.25, 0.3) is 0 Å². The molecule has 1 heteroatoms. The van der Waals surface area contributed by atoms with Gasteiger partial charge in [-0.2, -0.15) is 0 Å². The topological polar surface area (TPSA) is 9.23 Å². The first kappa shape index (κ1) is 25.2. The highest BCUT2D eigenvalue weighted by Crippen LogP contribution is 2.21. The lowest BCUT2D eigenvalue weighted by molar-refractivity contribution is 0.482. The molecule has 2 aromatic rings. The molecule has 0 fully saturated rings. The molecule has 0 bridgehead atoms. The number of aryl methyl sites for hydroxylation is 2. The smallest absolute Gasteiger partial charge is 0.127 e. The molecule has 0 unspecified atom stereocenters. The summed E-state index contributed by atoms with van der Waals surface area (Å²) in [5, 5.41) is 0. The Kier molecular flexibility index (Phi) is 16.5. The van der Waals surface area contributed by atoms with Crippen LogP contribution in [0.2, 0.25) is 0 Å². The summed E-state index contributed by atoms with van der Waals surface area (Å²) in [5.41, 5.74) is 2.48. The third-order valence-electron chi connectivity index (χ3n) is 4.23. The van der Waals surface area contributed by atoms with Gasteiger partial charge in [-0.3, -0.25) is 0 Å². The summed E-state index contributed by atoms with van der Waals surface area (Å²) in [5.74, 6) is 1.76. The summed E-state index contributed by atoms with van der Waals surface area (Å²) in [7, 11) is 0. The Morgan fingerprint density at radius 1 is 0.481 bits per heavy atom. The van der Waals surface area contributed by atoms with Gasteiger partial charge in [-0.1, -0.05) is 114 Å². The van der Waals surface area contributed by atoms with Crippen molar-refractivity contribution in [1.29, 1.82) is 0 Å². The largest absolute Gasteiger partial charge is 0.457 e. The van der Waals surface area contributed by atoms with Crippen LogP contribution in [-0.4, -0.2) is 0 Å². The minimum atomic E-state index is 0.879. The molecule has 0 aliphatic rings. The molecular weight excluding hydrogens is 328 g/mol. The van der Waals surface area contributed by atoms with Gasteiger partial charge < -0.3 is 4.74 Å². The molecule has 27 heavy (non-hydrogen) atoms. The van der Waals surface area contributed by atoms with E-state index in [0.717, 1.165) is 11.5 Å². The average molecular weight is 371 g/mol. The molecule has 2 rings (SSSR count). The third kappa shape index (κ3) is 15.0. The van der Waals surface area contributed by atoms with Crippen LogP contribution in [0.1, 0.15) is 90.2 Å². The molecule has 0 amide bonds. The Morgan fingerprint density at radius 2 is 0.815 bits per heavy atom. The fraction of sp³-hybridized carbons (Fsp3) is 0.538. The maximum Gasteiger partial charge on any atom is 0.127 e. The monoisotopic (exact) mass is 370 g/mol. The Morgan fingerprint density at radius 3 is 1.07 bits per heavy atom. The van der Waals surface area contributed by atoms with Gasteiger partial charge in [0.05, 0.1) is 0 Å². The highest BCUT2D eigenvalue weighted by molar-refractivity contribution is 5.33. The highest BCUT2D eigenvalue weighted by atomic mass is 16.5. The molecule has 2 aromatic carbocycles. The van der Waals surface area contributed by atoms with Crippen molar-refractivity contribution in [3.05, 3.63) is 59.7 Å². The lowest BCUT2D eigenvalue weighted by Crippen LogP contribution is -1.84. The lowest BCUT2D eigenvalue weighted by Gasteiger charge is -2.05. The summed E-state index contributed by atoms with van der Waals surface area (Å²) < 4.78 is 5.69. The Bertz CT molecular complexity index is 488. The van der Waals surface area contributed by atoms with Gasteiger partial charge in [0.25, 0.3) is 0 Å². The van der Waals surface area contributed by atoms with Crippen LogP contribution < -0.4 is 4.74 Å². The molecule has 0 aliphatic carbocycles. The van der Waals surface area contributed by atoms with Crippen molar-refractivity contribution in [3.63, 3.8) is 0 Å². The Labute approximate surface area is 169 Å². The van der Waals surface area contributed by atoms with Crippen LogP contribution in [0, 0.1) is 13.8 Å². The number of hydrogen-bond donors (Lipinski definition) is 0. The van der Waals surface area contributed by atoms with E-state index in [4.69, 9.17) is 4.74 Å². The van der Waals surface area contributed by atoms with Gasteiger partial charge in [0.15, 0.2) is 0 Å². The maximum absolute atomic E-state index is 5.69. The molecule has 0 aromatic heterocycles. The predicted octanol–water partition coefficient (Wildman–Crippen LogP) is 9.27. The minimum absolute atomic E-state index is 0.879. The zero-order valence-corrected chi connectivity index (χ0v) is 18.7. The van der Waals surface area contributed by atoms with Crippen molar-refractivity contribution in [1.82, 2.24) is 0 Å². The Hall–Kier alpha value is -1.76. The number of benzene rings is 2. The third-order valence-corrected chi connectivity index (χ3v) is 4.23. The van der Waals surface area contributed by atoms with Crippen molar-refractivity contribution >= 4 is 0 Å². The first-order chi connectivity index (χ1) is 13.1. The minimum Gasteiger partial charge on any atom is -0.457 e. The van der Waals surface area contributed by atoms with E-state index < -0.39 is 0 Å². The molecule has 152 valence electrons. The highest BCUT2D eigenvalue weighted by Gasteiger charge is 1.95. The number of rotatable bonds is 8. The second-order valence-corrected chi connectivity index (χ2v) is 7.14. The Balaban J connectivity index is 0.000000476. The van der Waals surface area contributed by atoms with Crippen molar-refractivity contribution in [2.75, 3.05) is 0 Å². The van der Waals surface area contributed by atoms with Gasteiger partial charge in [-0.25, -0.2) is 0 Å². The van der Waals surface area contributed by atoms with Crippen LogP contribution in [-0.2, 0) is 0 Å². The molecule has 0 heterocycles. The van der Waals surface area contributed by atoms with E-state index in [0.29, 0.717) is 0 Å². The van der Waals surface area contributed by atoms with E-state index in [1.807, 2.05) is 48.5 Å². The number of unbranched alkanes of at least 4 members (excludes halogenated alkanes) is 6. The molecule has 1 nitrogen and oxygen atoms in total. The number of ether oxygens (including phenoxy) is 1. The quantitative estimate of drug-likeness (QED) is 0.421. The second kappa shape index (κ2) is 17.6. The molecular formula is C26H42O. The predicted molar refractivity (Wildman–Crippen MR) is 122 cm³/mol. The summed E-state index contributed by atoms with van der Waals surface area (Å²) >= 11 is 0. The second-order valence-electron chi connectivity index (χ2n) is 7.14. The molecule has 0 N–H and O–H groups in total. The molecule has 0 saturated heterocycles. The fourth-order valence-electron chi connectivity index (χ4n) is 2.20. The summed E-state index contributed by atoms with van der Waals surface area (Å²) in [6.45, 7) is 13.0. The maximum atomic E-state index is 5.69. The molecule has 0 aliphatic heterocycles. The zero-order valence-electron chi connectivity index (χ0n) is 18.7. The SMILES string of the molecule is CCCC.CCCCCCCC.Cc1ccc(Oc2ccc(C)cc2)cc1. The van der Waals surface area contributed by atoms with Gasteiger partial charge in [0.1, 0.15) is 11.5 Å². The van der Waals surface area contributed by atoms with Crippen molar-refractivity contribution in [2.45, 2.75) is 92.9 Å². The first-order valence-corrected chi connectivity index (χ1v) is 10.9. The first-order valence-electron chi connectivity index (χ1n) is 10.9. The van der Waals surface area contributed by atoms with Gasteiger partial charge in [-0.05, 0) is 38.1 Å². The van der Waals surface area contributed by atoms with E-state index in [-0.39, 0.29) is 0 Å². The average Bonchev–Trinajstić information content (AvgIpc) is 2.69. The molecule has 0 saturated carbocycles. The van der Waals surface area contributed by atoms with Crippen molar-refractivity contribution < 1.29 is 4.74 Å². The van der Waals surface area contributed by atoms with E-state index in [1.165, 1.54) is 62.5 Å². The van der Waals surface area contributed by atoms with Gasteiger partial charge >= 0.3 is 0 Å². The van der Waals surface area contributed by atoms with Crippen LogP contribution in [0.4, 0.5) is 0 Å². The fourth-order valence-corrected chi connectivity index (χ4v) is 2.20. The zero-order chi connectivity index (χ0) is 20.3. The summed E-state index contributed by atoms with van der Waals surface area (Å²) in [6.07, 6.45) is 11.1.